The molecule has 5 nitrogen and oxygen atoms in total. The highest BCUT2D eigenvalue weighted by molar-refractivity contribution is 5.78. The van der Waals surface area contributed by atoms with Gasteiger partial charge in [-0.25, -0.2) is 0 Å². The van der Waals surface area contributed by atoms with E-state index in [1.165, 1.54) is 0 Å². The summed E-state index contributed by atoms with van der Waals surface area (Å²) in [4.78, 5) is 26.4. The highest BCUT2D eigenvalue weighted by atomic mass is 16.4. The first-order chi connectivity index (χ1) is 7.59. The lowest BCUT2D eigenvalue weighted by atomic mass is 9.78. The largest absolute Gasteiger partial charge is 0.481 e. The molecule has 0 bridgehead atoms. The number of carboxylic acids is 1. The monoisotopic (exact) mass is 226 g/mol. The SMILES string of the molecule is CN1CCCN(C2CCC2C(=O)O)CC1=O. The summed E-state index contributed by atoms with van der Waals surface area (Å²) in [6.07, 6.45) is 2.60. The molecule has 0 aromatic carbocycles. The van der Waals surface area contributed by atoms with Crippen LogP contribution in [0.2, 0.25) is 0 Å². The standard InChI is InChI=1S/C11H18N2O3/c1-12-5-2-6-13(7-10(12)14)9-4-3-8(9)11(15)16/h8-9H,2-7H2,1H3,(H,15,16). The predicted octanol–water partition coefficient (Wildman–Crippen LogP) is 0.0137. The molecule has 1 heterocycles. The van der Waals surface area contributed by atoms with Gasteiger partial charge in [0.15, 0.2) is 0 Å². The maximum absolute atomic E-state index is 11.7. The zero-order valence-electron chi connectivity index (χ0n) is 9.56. The number of aliphatic carboxylic acids is 1. The van der Waals surface area contributed by atoms with Crippen molar-refractivity contribution in [2.75, 3.05) is 26.7 Å². The molecule has 2 unspecified atom stereocenters. The molecule has 0 aromatic rings. The van der Waals surface area contributed by atoms with Gasteiger partial charge < -0.3 is 10.0 Å². The molecule has 1 aliphatic heterocycles. The summed E-state index contributed by atoms with van der Waals surface area (Å²) in [6, 6.07) is 0.0768. The lowest BCUT2D eigenvalue weighted by Crippen LogP contribution is -2.52. The molecule has 2 atom stereocenters. The van der Waals surface area contributed by atoms with Gasteiger partial charge in [-0.1, -0.05) is 0 Å². The van der Waals surface area contributed by atoms with Gasteiger partial charge in [-0.05, 0) is 19.3 Å². The zero-order valence-corrected chi connectivity index (χ0v) is 9.56. The Labute approximate surface area is 95.0 Å². The normalized spacial score (nSPS) is 32.1. The maximum atomic E-state index is 11.7. The van der Waals surface area contributed by atoms with E-state index in [4.69, 9.17) is 5.11 Å². The molecule has 1 saturated heterocycles. The molecular formula is C11H18N2O3. The van der Waals surface area contributed by atoms with Gasteiger partial charge in [0.2, 0.25) is 5.91 Å². The molecule has 2 fully saturated rings. The molecule has 90 valence electrons. The third-order valence-electron chi connectivity index (χ3n) is 3.73. The van der Waals surface area contributed by atoms with E-state index in [0.29, 0.717) is 6.54 Å². The van der Waals surface area contributed by atoms with Crippen LogP contribution < -0.4 is 0 Å². The minimum Gasteiger partial charge on any atom is -0.481 e. The molecular weight excluding hydrogens is 208 g/mol. The van der Waals surface area contributed by atoms with Crippen LogP contribution in [0.5, 0.6) is 0 Å². The van der Waals surface area contributed by atoms with Crippen LogP contribution >= 0.6 is 0 Å². The lowest BCUT2D eigenvalue weighted by Gasteiger charge is -2.41. The van der Waals surface area contributed by atoms with Gasteiger partial charge in [0.05, 0.1) is 12.5 Å². The van der Waals surface area contributed by atoms with Gasteiger partial charge in [0, 0.05) is 26.2 Å². The zero-order chi connectivity index (χ0) is 11.7. The number of rotatable bonds is 2. The average molecular weight is 226 g/mol. The molecule has 1 amide bonds. The van der Waals surface area contributed by atoms with E-state index in [1.807, 2.05) is 4.90 Å². The van der Waals surface area contributed by atoms with Crippen LogP contribution in [-0.4, -0.2) is 59.5 Å². The molecule has 1 N–H and O–H groups in total. The van der Waals surface area contributed by atoms with E-state index in [-0.39, 0.29) is 17.9 Å². The second-order valence-electron chi connectivity index (χ2n) is 4.73. The van der Waals surface area contributed by atoms with Crippen molar-refractivity contribution in [2.45, 2.75) is 25.3 Å². The minimum atomic E-state index is -0.721. The summed E-state index contributed by atoms with van der Waals surface area (Å²) >= 11 is 0. The number of nitrogens with zero attached hydrogens (tertiary/aromatic N) is 2. The third-order valence-corrected chi connectivity index (χ3v) is 3.73. The lowest BCUT2D eigenvalue weighted by molar-refractivity contribution is -0.150. The molecule has 2 aliphatic rings. The van der Waals surface area contributed by atoms with Crippen molar-refractivity contribution >= 4 is 11.9 Å². The Morgan fingerprint density at radius 2 is 2.12 bits per heavy atom. The van der Waals surface area contributed by atoms with Crippen molar-refractivity contribution in [3.63, 3.8) is 0 Å². The van der Waals surface area contributed by atoms with Crippen LogP contribution in [0.15, 0.2) is 0 Å². The van der Waals surface area contributed by atoms with Gasteiger partial charge in [-0.2, -0.15) is 0 Å². The molecule has 1 saturated carbocycles. The fourth-order valence-electron chi connectivity index (χ4n) is 2.50. The molecule has 2 rings (SSSR count). The first-order valence-corrected chi connectivity index (χ1v) is 5.80. The van der Waals surface area contributed by atoms with Gasteiger partial charge in [0.25, 0.3) is 0 Å². The number of likely N-dealkylation sites (N-methyl/N-ethyl adjacent to an activating group) is 1. The molecule has 1 aliphatic carbocycles. The van der Waals surface area contributed by atoms with E-state index < -0.39 is 5.97 Å². The minimum absolute atomic E-state index is 0.0768. The number of amides is 1. The maximum Gasteiger partial charge on any atom is 0.308 e. The highest BCUT2D eigenvalue weighted by Crippen LogP contribution is 2.32. The van der Waals surface area contributed by atoms with Crippen LogP contribution in [0, 0.1) is 5.92 Å². The smallest absolute Gasteiger partial charge is 0.308 e. The Morgan fingerprint density at radius 1 is 1.38 bits per heavy atom. The molecule has 0 radical (unpaired) electrons. The van der Waals surface area contributed by atoms with Crippen LogP contribution in [0.4, 0.5) is 0 Å². The quantitative estimate of drug-likeness (QED) is 0.720. The van der Waals surface area contributed by atoms with Crippen molar-refractivity contribution in [1.82, 2.24) is 9.80 Å². The van der Waals surface area contributed by atoms with E-state index in [9.17, 15) is 9.59 Å². The summed E-state index contributed by atoms with van der Waals surface area (Å²) in [6.45, 7) is 2.00. The topological polar surface area (TPSA) is 60.9 Å². The Kier molecular flexibility index (Phi) is 3.14. The molecule has 0 spiro atoms. The summed E-state index contributed by atoms with van der Waals surface area (Å²) in [5.41, 5.74) is 0. The predicted molar refractivity (Wildman–Crippen MR) is 58.0 cm³/mol. The number of carbonyl (C=O) groups is 2. The molecule has 5 heteroatoms. The van der Waals surface area contributed by atoms with Gasteiger partial charge in [-0.15, -0.1) is 0 Å². The van der Waals surface area contributed by atoms with Crippen LogP contribution in [0.25, 0.3) is 0 Å². The van der Waals surface area contributed by atoms with E-state index in [2.05, 4.69) is 0 Å². The summed E-state index contributed by atoms with van der Waals surface area (Å²) < 4.78 is 0. The van der Waals surface area contributed by atoms with Gasteiger partial charge >= 0.3 is 5.97 Å². The number of carboxylic acid groups (broad SMARTS) is 1. The van der Waals surface area contributed by atoms with Crippen molar-refractivity contribution in [3.8, 4) is 0 Å². The number of hydrogen-bond acceptors (Lipinski definition) is 3. The van der Waals surface area contributed by atoms with Crippen LogP contribution in [0.1, 0.15) is 19.3 Å². The van der Waals surface area contributed by atoms with Crippen LogP contribution in [0.3, 0.4) is 0 Å². The van der Waals surface area contributed by atoms with Gasteiger partial charge in [0.1, 0.15) is 0 Å². The first kappa shape index (κ1) is 11.4. The Morgan fingerprint density at radius 3 is 2.69 bits per heavy atom. The summed E-state index contributed by atoms with van der Waals surface area (Å²) in [5.74, 6) is -0.883. The highest BCUT2D eigenvalue weighted by Gasteiger charge is 2.41. The van der Waals surface area contributed by atoms with E-state index in [0.717, 1.165) is 32.4 Å². The number of hydrogen-bond donors (Lipinski definition) is 1. The van der Waals surface area contributed by atoms with E-state index in [1.54, 1.807) is 11.9 Å². The molecule has 0 aromatic heterocycles. The second-order valence-corrected chi connectivity index (χ2v) is 4.73. The van der Waals surface area contributed by atoms with Crippen molar-refractivity contribution in [1.29, 1.82) is 0 Å². The first-order valence-electron chi connectivity index (χ1n) is 5.80. The summed E-state index contributed by atoms with van der Waals surface area (Å²) in [7, 11) is 1.81. The Hall–Kier alpha value is -1.10. The Balaban J connectivity index is 1.99. The summed E-state index contributed by atoms with van der Waals surface area (Å²) in [5, 5.41) is 9.00. The number of carbonyl (C=O) groups excluding carboxylic acids is 1. The second kappa shape index (κ2) is 4.41. The van der Waals surface area contributed by atoms with Crippen LogP contribution in [-0.2, 0) is 9.59 Å². The third kappa shape index (κ3) is 2.04. The fourth-order valence-corrected chi connectivity index (χ4v) is 2.50. The Bertz CT molecular complexity index is 306. The van der Waals surface area contributed by atoms with Crippen molar-refractivity contribution in [3.05, 3.63) is 0 Å². The van der Waals surface area contributed by atoms with Crippen molar-refractivity contribution < 1.29 is 14.7 Å². The average Bonchev–Trinajstić information content (AvgIpc) is 2.27. The van der Waals surface area contributed by atoms with E-state index >= 15 is 0 Å². The fraction of sp³-hybridized carbons (Fsp3) is 0.818. The van der Waals surface area contributed by atoms with Gasteiger partial charge in [-0.3, -0.25) is 14.5 Å². The molecule has 16 heavy (non-hydrogen) atoms. The van der Waals surface area contributed by atoms with Crippen molar-refractivity contribution in [2.24, 2.45) is 5.92 Å².